The second-order valence-corrected chi connectivity index (χ2v) is 8.44. The van der Waals surface area contributed by atoms with Gasteiger partial charge in [0.2, 0.25) is 5.89 Å². The number of benzene rings is 1. The van der Waals surface area contributed by atoms with Gasteiger partial charge in [0.1, 0.15) is 11.8 Å². The van der Waals surface area contributed by atoms with Crippen LogP contribution in [0.25, 0.3) is 22.6 Å². The third-order valence-corrected chi connectivity index (χ3v) is 5.96. The molecule has 6 nitrogen and oxygen atoms in total. The normalized spacial score (nSPS) is 13.3. The SMILES string of the molecule is CCS(=O)(=O)c1ncccc1-c1nc2cc([S+](C)[O-])ccc2o1. The van der Waals surface area contributed by atoms with E-state index < -0.39 is 21.0 Å². The molecule has 0 aliphatic heterocycles. The maximum absolute atomic E-state index is 12.2. The number of pyridine rings is 1. The van der Waals surface area contributed by atoms with E-state index >= 15 is 0 Å². The smallest absolute Gasteiger partial charge is 0.230 e. The van der Waals surface area contributed by atoms with Crippen LogP contribution in [-0.2, 0) is 21.0 Å². The molecule has 3 aromatic rings. The third-order valence-electron chi connectivity index (χ3n) is 3.37. The first-order valence-electron chi connectivity index (χ1n) is 6.84. The summed E-state index contributed by atoms with van der Waals surface area (Å²) in [5, 5.41) is -0.0478. The lowest BCUT2D eigenvalue weighted by molar-refractivity contribution is 0.589. The molecule has 2 aromatic heterocycles. The number of hydrogen-bond donors (Lipinski definition) is 0. The molecule has 2 heterocycles. The molecule has 1 atom stereocenters. The van der Waals surface area contributed by atoms with E-state index in [-0.39, 0.29) is 16.7 Å². The van der Waals surface area contributed by atoms with Crippen molar-refractivity contribution >= 4 is 32.1 Å². The molecule has 0 saturated heterocycles. The zero-order valence-corrected chi connectivity index (χ0v) is 14.1. The number of rotatable bonds is 4. The van der Waals surface area contributed by atoms with Crippen molar-refractivity contribution in [1.82, 2.24) is 9.97 Å². The standard InChI is InChI=1S/C15H14N2O4S2/c1-3-23(19,20)15-11(5-4-8-16-15)14-17-12-9-10(22(2)18)6-7-13(12)21-14/h4-9H,3H2,1-2H3. The fourth-order valence-corrected chi connectivity index (χ4v) is 3.66. The molecule has 1 aromatic carbocycles. The Hall–Kier alpha value is -1.90. The van der Waals surface area contributed by atoms with Gasteiger partial charge in [-0.25, -0.2) is 18.4 Å². The Labute approximate surface area is 136 Å². The molecule has 23 heavy (non-hydrogen) atoms. The fraction of sp³-hybridized carbons (Fsp3) is 0.200. The molecule has 0 N–H and O–H groups in total. The summed E-state index contributed by atoms with van der Waals surface area (Å²) in [5.41, 5.74) is 1.35. The van der Waals surface area contributed by atoms with E-state index in [2.05, 4.69) is 9.97 Å². The van der Waals surface area contributed by atoms with Crippen molar-refractivity contribution in [1.29, 1.82) is 0 Å². The van der Waals surface area contributed by atoms with E-state index in [9.17, 15) is 13.0 Å². The van der Waals surface area contributed by atoms with Gasteiger partial charge >= 0.3 is 0 Å². The van der Waals surface area contributed by atoms with Crippen molar-refractivity contribution < 1.29 is 17.4 Å². The third kappa shape index (κ3) is 2.97. The highest BCUT2D eigenvalue weighted by Crippen LogP contribution is 2.29. The molecule has 3 rings (SSSR count). The zero-order chi connectivity index (χ0) is 16.6. The largest absolute Gasteiger partial charge is 0.612 e. The first-order valence-corrected chi connectivity index (χ1v) is 10.1. The molecular formula is C15H14N2O4S2. The van der Waals surface area contributed by atoms with Gasteiger partial charge in [-0.2, -0.15) is 0 Å². The number of fused-ring (bicyclic) bond motifs is 1. The molecule has 120 valence electrons. The molecule has 0 amide bonds. The van der Waals surface area contributed by atoms with Crippen LogP contribution in [0.3, 0.4) is 0 Å². The van der Waals surface area contributed by atoms with Crippen molar-refractivity contribution in [3.05, 3.63) is 36.5 Å². The van der Waals surface area contributed by atoms with Crippen LogP contribution in [0.1, 0.15) is 6.92 Å². The average molecular weight is 350 g/mol. The summed E-state index contributed by atoms with van der Waals surface area (Å²) in [4.78, 5) is 8.94. The lowest BCUT2D eigenvalue weighted by Crippen LogP contribution is -2.07. The molecule has 1 unspecified atom stereocenters. The number of sulfone groups is 1. The molecular weight excluding hydrogens is 336 g/mol. The number of oxazole rings is 1. The van der Waals surface area contributed by atoms with E-state index in [1.54, 1.807) is 43.5 Å². The van der Waals surface area contributed by atoms with Gasteiger partial charge in [0, 0.05) is 12.3 Å². The van der Waals surface area contributed by atoms with Crippen molar-refractivity contribution in [2.45, 2.75) is 16.8 Å². The summed E-state index contributed by atoms with van der Waals surface area (Å²) >= 11 is -1.13. The number of aromatic nitrogens is 2. The number of nitrogens with zero attached hydrogens (tertiary/aromatic N) is 2. The lowest BCUT2D eigenvalue weighted by Gasteiger charge is -2.04. The van der Waals surface area contributed by atoms with Gasteiger partial charge in [-0.05, 0) is 35.4 Å². The quantitative estimate of drug-likeness (QED) is 0.671. The summed E-state index contributed by atoms with van der Waals surface area (Å²) in [6, 6.07) is 8.28. The van der Waals surface area contributed by atoms with Crippen LogP contribution < -0.4 is 0 Å². The highest BCUT2D eigenvalue weighted by molar-refractivity contribution is 7.91. The van der Waals surface area contributed by atoms with Crippen molar-refractivity contribution in [2.24, 2.45) is 0 Å². The topological polar surface area (TPSA) is 96.1 Å². The van der Waals surface area contributed by atoms with Crippen molar-refractivity contribution in [2.75, 3.05) is 12.0 Å². The minimum absolute atomic E-state index is 0.0478. The second kappa shape index (κ2) is 5.95. The van der Waals surface area contributed by atoms with Gasteiger partial charge in [0.25, 0.3) is 0 Å². The van der Waals surface area contributed by atoms with Gasteiger partial charge in [-0.15, -0.1) is 0 Å². The van der Waals surface area contributed by atoms with Crippen LogP contribution in [0.5, 0.6) is 0 Å². The molecule has 0 bridgehead atoms. The predicted molar refractivity (Wildman–Crippen MR) is 87.3 cm³/mol. The Kier molecular flexibility index (Phi) is 4.13. The molecule has 0 fully saturated rings. The Bertz CT molecular complexity index is 965. The van der Waals surface area contributed by atoms with Gasteiger partial charge in [0.15, 0.2) is 25.3 Å². The maximum Gasteiger partial charge on any atom is 0.230 e. The first kappa shape index (κ1) is 16.0. The van der Waals surface area contributed by atoms with Crippen LogP contribution in [0, 0.1) is 0 Å². The molecule has 0 radical (unpaired) electrons. The minimum atomic E-state index is -3.50. The molecule has 0 saturated carbocycles. The zero-order valence-electron chi connectivity index (χ0n) is 12.5. The van der Waals surface area contributed by atoms with Gasteiger partial charge in [-0.1, -0.05) is 6.92 Å². The summed E-state index contributed by atoms with van der Waals surface area (Å²) < 4.78 is 41.6. The maximum atomic E-state index is 12.2. The molecule has 0 aliphatic carbocycles. The van der Waals surface area contributed by atoms with Crippen LogP contribution in [0.15, 0.2) is 50.9 Å². The Morgan fingerprint density at radius 2 is 2.09 bits per heavy atom. The van der Waals surface area contributed by atoms with Crippen molar-refractivity contribution in [3.8, 4) is 11.5 Å². The van der Waals surface area contributed by atoms with E-state index in [1.165, 1.54) is 6.20 Å². The summed E-state index contributed by atoms with van der Waals surface area (Å²) in [7, 11) is -3.50. The minimum Gasteiger partial charge on any atom is -0.612 e. The van der Waals surface area contributed by atoms with Crippen LogP contribution in [0.4, 0.5) is 0 Å². The van der Waals surface area contributed by atoms with Gasteiger partial charge < -0.3 is 8.97 Å². The summed E-state index contributed by atoms with van der Waals surface area (Å²) in [5.74, 6) is 0.120. The van der Waals surface area contributed by atoms with Gasteiger partial charge in [-0.3, -0.25) is 0 Å². The fourth-order valence-electron chi connectivity index (χ4n) is 2.14. The van der Waals surface area contributed by atoms with E-state index in [0.29, 0.717) is 21.6 Å². The van der Waals surface area contributed by atoms with E-state index in [1.807, 2.05) is 0 Å². The lowest BCUT2D eigenvalue weighted by atomic mass is 10.3. The highest BCUT2D eigenvalue weighted by atomic mass is 32.2. The van der Waals surface area contributed by atoms with Crippen LogP contribution in [-0.4, -0.2) is 34.9 Å². The molecule has 8 heteroatoms. The Balaban J connectivity index is 2.18. The Morgan fingerprint density at radius 1 is 1.30 bits per heavy atom. The summed E-state index contributed by atoms with van der Waals surface area (Å²) in [6.07, 6.45) is 3.00. The van der Waals surface area contributed by atoms with E-state index in [4.69, 9.17) is 4.42 Å². The summed E-state index contributed by atoms with van der Waals surface area (Å²) in [6.45, 7) is 1.56. The molecule has 0 aliphatic rings. The monoisotopic (exact) mass is 350 g/mol. The van der Waals surface area contributed by atoms with Gasteiger partial charge in [0.05, 0.1) is 11.3 Å². The van der Waals surface area contributed by atoms with Crippen LogP contribution in [0.2, 0.25) is 0 Å². The number of hydrogen-bond acceptors (Lipinski definition) is 6. The predicted octanol–water partition coefficient (Wildman–Crippen LogP) is 2.42. The highest BCUT2D eigenvalue weighted by Gasteiger charge is 2.22. The first-order chi connectivity index (χ1) is 10.9. The van der Waals surface area contributed by atoms with Crippen LogP contribution >= 0.6 is 0 Å². The molecule has 0 spiro atoms. The average Bonchev–Trinajstić information content (AvgIpc) is 2.97. The van der Waals surface area contributed by atoms with E-state index in [0.717, 1.165) is 0 Å². The van der Waals surface area contributed by atoms with Crippen molar-refractivity contribution in [3.63, 3.8) is 0 Å². The second-order valence-electron chi connectivity index (χ2n) is 4.86. The Morgan fingerprint density at radius 3 is 2.78 bits per heavy atom.